The molecule has 2 rings (SSSR count). The minimum atomic E-state index is 0.703. The van der Waals surface area contributed by atoms with Crippen LogP contribution in [0.3, 0.4) is 0 Å². The average molecular weight is 223 g/mol. The number of pyridine rings is 1. The van der Waals surface area contributed by atoms with Gasteiger partial charge in [0.25, 0.3) is 0 Å². The summed E-state index contributed by atoms with van der Waals surface area (Å²) in [7, 11) is 1.86. The van der Waals surface area contributed by atoms with Crippen molar-refractivity contribution in [3.05, 3.63) is 35.1 Å². The molecule has 2 aromatic rings. The molecule has 0 bridgehead atoms. The normalized spacial score (nSPS) is 10.3. The molecule has 0 radical (unpaired) electrons. The summed E-state index contributed by atoms with van der Waals surface area (Å²) in [6.07, 6.45) is 3.46. The number of halogens is 1. The number of aryl methyl sites for hydroxylation is 2. The molecule has 0 spiro atoms. The van der Waals surface area contributed by atoms with E-state index in [1.54, 1.807) is 23.1 Å². The van der Waals surface area contributed by atoms with E-state index >= 15 is 0 Å². The Morgan fingerprint density at radius 1 is 1.47 bits per heavy atom. The van der Waals surface area contributed by atoms with Crippen LogP contribution >= 0.6 is 11.6 Å². The molecule has 0 fully saturated rings. The molecule has 0 unspecified atom stereocenters. The summed E-state index contributed by atoms with van der Waals surface area (Å²) >= 11 is 5.99. The molecular formula is C10H11ClN4. The van der Waals surface area contributed by atoms with Crippen LogP contribution in [0.15, 0.2) is 24.5 Å². The van der Waals surface area contributed by atoms with Crippen molar-refractivity contribution in [2.75, 3.05) is 5.32 Å². The molecule has 78 valence electrons. The van der Waals surface area contributed by atoms with E-state index in [0.29, 0.717) is 10.8 Å². The molecule has 0 aliphatic carbocycles. The van der Waals surface area contributed by atoms with Gasteiger partial charge in [-0.3, -0.25) is 4.68 Å². The van der Waals surface area contributed by atoms with E-state index in [-0.39, 0.29) is 0 Å². The molecular weight excluding hydrogens is 212 g/mol. The third-order valence-corrected chi connectivity index (χ3v) is 2.52. The first-order valence-electron chi connectivity index (χ1n) is 4.54. The van der Waals surface area contributed by atoms with Crippen LogP contribution in [-0.2, 0) is 7.05 Å². The molecule has 0 saturated carbocycles. The van der Waals surface area contributed by atoms with Crippen LogP contribution in [-0.4, -0.2) is 14.8 Å². The zero-order chi connectivity index (χ0) is 10.8. The van der Waals surface area contributed by atoms with Crippen LogP contribution in [0.2, 0.25) is 5.02 Å². The van der Waals surface area contributed by atoms with Gasteiger partial charge in [-0.15, -0.1) is 0 Å². The molecule has 15 heavy (non-hydrogen) atoms. The average Bonchev–Trinajstić information content (AvgIpc) is 2.59. The van der Waals surface area contributed by atoms with Gasteiger partial charge in [0.2, 0.25) is 0 Å². The Hall–Kier alpha value is -1.55. The maximum atomic E-state index is 5.99. The first-order valence-corrected chi connectivity index (χ1v) is 4.92. The summed E-state index contributed by atoms with van der Waals surface area (Å²) in [6.45, 7) is 1.92. The van der Waals surface area contributed by atoms with Gasteiger partial charge < -0.3 is 5.32 Å². The first kappa shape index (κ1) is 9.98. The Morgan fingerprint density at radius 2 is 2.27 bits per heavy atom. The highest BCUT2D eigenvalue weighted by atomic mass is 35.5. The van der Waals surface area contributed by atoms with Crippen LogP contribution in [0.25, 0.3) is 0 Å². The monoisotopic (exact) mass is 222 g/mol. The Morgan fingerprint density at radius 3 is 2.87 bits per heavy atom. The van der Waals surface area contributed by atoms with Gasteiger partial charge in [0.05, 0.1) is 6.20 Å². The van der Waals surface area contributed by atoms with Gasteiger partial charge in [-0.25, -0.2) is 4.98 Å². The minimum Gasteiger partial charge on any atom is -0.325 e. The van der Waals surface area contributed by atoms with Gasteiger partial charge in [-0.1, -0.05) is 11.6 Å². The Bertz CT molecular complexity index is 478. The zero-order valence-electron chi connectivity index (χ0n) is 8.53. The SMILES string of the molecule is Cc1cnc(Nc2ccnn2C)cc1Cl. The van der Waals surface area contributed by atoms with Gasteiger partial charge >= 0.3 is 0 Å². The number of nitrogens with zero attached hydrogens (tertiary/aromatic N) is 3. The van der Waals surface area contributed by atoms with Gasteiger partial charge in [0.1, 0.15) is 11.6 Å². The van der Waals surface area contributed by atoms with E-state index in [2.05, 4.69) is 15.4 Å². The molecule has 4 nitrogen and oxygen atoms in total. The lowest BCUT2D eigenvalue weighted by molar-refractivity contribution is 0.776. The van der Waals surface area contributed by atoms with E-state index in [9.17, 15) is 0 Å². The van der Waals surface area contributed by atoms with Gasteiger partial charge in [-0.2, -0.15) is 5.10 Å². The van der Waals surface area contributed by atoms with E-state index in [1.165, 1.54) is 0 Å². The lowest BCUT2D eigenvalue weighted by Gasteiger charge is -2.06. The topological polar surface area (TPSA) is 42.7 Å². The van der Waals surface area contributed by atoms with Crippen molar-refractivity contribution in [3.63, 3.8) is 0 Å². The summed E-state index contributed by atoms with van der Waals surface area (Å²) in [4.78, 5) is 4.22. The third-order valence-electron chi connectivity index (χ3n) is 2.11. The summed E-state index contributed by atoms with van der Waals surface area (Å²) in [5.74, 6) is 1.59. The third kappa shape index (κ3) is 2.10. The fraction of sp³-hybridized carbons (Fsp3) is 0.200. The second-order valence-corrected chi connectivity index (χ2v) is 3.69. The summed E-state index contributed by atoms with van der Waals surface area (Å²) in [5, 5.41) is 7.87. The van der Waals surface area contributed by atoms with E-state index < -0.39 is 0 Å². The number of nitrogens with one attached hydrogen (secondary N) is 1. The molecule has 0 aliphatic rings. The fourth-order valence-electron chi connectivity index (χ4n) is 1.20. The van der Waals surface area contributed by atoms with Crippen molar-refractivity contribution >= 4 is 23.2 Å². The Balaban J connectivity index is 2.25. The fourth-order valence-corrected chi connectivity index (χ4v) is 1.35. The standard InChI is InChI=1S/C10H11ClN4/c1-7-6-12-9(5-8(7)11)14-10-3-4-13-15(10)2/h3-6H,1-2H3,(H,12,14). The highest BCUT2D eigenvalue weighted by molar-refractivity contribution is 6.31. The van der Waals surface area contributed by atoms with E-state index in [0.717, 1.165) is 11.4 Å². The van der Waals surface area contributed by atoms with Crippen LogP contribution in [0.5, 0.6) is 0 Å². The molecule has 1 N–H and O–H groups in total. The highest BCUT2D eigenvalue weighted by Gasteiger charge is 2.02. The molecule has 0 aliphatic heterocycles. The minimum absolute atomic E-state index is 0.703. The number of rotatable bonds is 2. The summed E-state index contributed by atoms with van der Waals surface area (Å²) in [5.41, 5.74) is 0.965. The van der Waals surface area contributed by atoms with Crippen molar-refractivity contribution < 1.29 is 0 Å². The lowest BCUT2D eigenvalue weighted by atomic mass is 10.3. The molecule has 5 heteroatoms. The van der Waals surface area contributed by atoms with Crippen molar-refractivity contribution in [2.24, 2.45) is 7.05 Å². The maximum absolute atomic E-state index is 5.99. The number of hydrogen-bond acceptors (Lipinski definition) is 3. The Labute approximate surface area is 92.9 Å². The lowest BCUT2D eigenvalue weighted by Crippen LogP contribution is -2.00. The second kappa shape index (κ2) is 3.90. The molecule has 0 saturated heterocycles. The molecule has 2 heterocycles. The van der Waals surface area contributed by atoms with Crippen molar-refractivity contribution in [1.82, 2.24) is 14.8 Å². The van der Waals surface area contributed by atoms with Crippen molar-refractivity contribution in [2.45, 2.75) is 6.92 Å². The molecule has 0 atom stereocenters. The van der Waals surface area contributed by atoms with E-state index in [1.807, 2.05) is 20.0 Å². The molecule has 2 aromatic heterocycles. The van der Waals surface area contributed by atoms with Crippen LogP contribution in [0, 0.1) is 6.92 Å². The second-order valence-electron chi connectivity index (χ2n) is 3.28. The van der Waals surface area contributed by atoms with Gasteiger partial charge in [0.15, 0.2) is 0 Å². The highest BCUT2D eigenvalue weighted by Crippen LogP contribution is 2.19. The van der Waals surface area contributed by atoms with Gasteiger partial charge in [0, 0.05) is 24.3 Å². The summed E-state index contributed by atoms with van der Waals surface area (Å²) in [6, 6.07) is 3.67. The first-order chi connectivity index (χ1) is 7.16. The van der Waals surface area contributed by atoms with E-state index in [4.69, 9.17) is 11.6 Å². The quantitative estimate of drug-likeness (QED) is 0.849. The molecule has 0 amide bonds. The summed E-state index contributed by atoms with van der Waals surface area (Å²) < 4.78 is 1.73. The largest absolute Gasteiger partial charge is 0.325 e. The van der Waals surface area contributed by atoms with Crippen LogP contribution in [0.4, 0.5) is 11.6 Å². The van der Waals surface area contributed by atoms with Crippen LogP contribution < -0.4 is 5.32 Å². The maximum Gasteiger partial charge on any atom is 0.132 e. The Kier molecular flexibility index (Phi) is 2.60. The molecule has 0 aromatic carbocycles. The number of aromatic nitrogens is 3. The predicted molar refractivity (Wildman–Crippen MR) is 60.5 cm³/mol. The van der Waals surface area contributed by atoms with Crippen molar-refractivity contribution in [3.8, 4) is 0 Å². The number of anilines is 2. The zero-order valence-corrected chi connectivity index (χ0v) is 9.28. The smallest absolute Gasteiger partial charge is 0.132 e. The van der Waals surface area contributed by atoms with Crippen molar-refractivity contribution in [1.29, 1.82) is 0 Å². The number of hydrogen-bond donors (Lipinski definition) is 1. The predicted octanol–water partition coefficient (Wildman–Crippen LogP) is 2.52. The van der Waals surface area contributed by atoms with Gasteiger partial charge in [-0.05, 0) is 18.6 Å². The van der Waals surface area contributed by atoms with Crippen LogP contribution in [0.1, 0.15) is 5.56 Å².